The predicted octanol–water partition coefficient (Wildman–Crippen LogP) is 3.24. The molecule has 0 fully saturated rings. The number of hydrogen-bond acceptors (Lipinski definition) is 6. The SMILES string of the molecule is CCCCN(C)c1cc(Nc2ccc(C(=O)OC)cc2)ncn1. The highest BCUT2D eigenvalue weighted by Crippen LogP contribution is 2.19. The Bertz CT molecular complexity index is 643. The fourth-order valence-electron chi connectivity index (χ4n) is 2.09. The molecule has 0 spiro atoms. The number of carbonyl (C=O) groups excluding carboxylic acids is 1. The van der Waals surface area contributed by atoms with Crippen molar-refractivity contribution < 1.29 is 9.53 Å². The highest BCUT2D eigenvalue weighted by molar-refractivity contribution is 5.89. The van der Waals surface area contributed by atoms with E-state index in [0.29, 0.717) is 11.4 Å². The van der Waals surface area contributed by atoms with Gasteiger partial charge >= 0.3 is 5.97 Å². The van der Waals surface area contributed by atoms with Crippen LogP contribution in [0.2, 0.25) is 0 Å². The molecular weight excluding hydrogens is 292 g/mol. The molecule has 0 unspecified atom stereocenters. The fourth-order valence-corrected chi connectivity index (χ4v) is 2.09. The van der Waals surface area contributed by atoms with Gasteiger partial charge in [0.15, 0.2) is 0 Å². The minimum atomic E-state index is -0.349. The molecule has 0 saturated heterocycles. The molecule has 1 aromatic carbocycles. The van der Waals surface area contributed by atoms with E-state index < -0.39 is 0 Å². The summed E-state index contributed by atoms with van der Waals surface area (Å²) in [6, 6.07) is 8.96. The van der Waals surface area contributed by atoms with Gasteiger partial charge in [0.2, 0.25) is 0 Å². The third kappa shape index (κ3) is 4.67. The Morgan fingerprint density at radius 1 is 1.26 bits per heavy atom. The number of anilines is 3. The Hall–Kier alpha value is -2.63. The van der Waals surface area contributed by atoms with E-state index in [-0.39, 0.29) is 5.97 Å². The van der Waals surface area contributed by atoms with E-state index in [9.17, 15) is 4.79 Å². The van der Waals surface area contributed by atoms with E-state index >= 15 is 0 Å². The number of benzene rings is 1. The number of carbonyl (C=O) groups is 1. The molecule has 0 atom stereocenters. The maximum absolute atomic E-state index is 11.4. The number of unbranched alkanes of at least 4 members (excludes halogenated alkanes) is 1. The van der Waals surface area contributed by atoms with Gasteiger partial charge in [0, 0.05) is 25.3 Å². The van der Waals surface area contributed by atoms with Crippen molar-refractivity contribution in [1.29, 1.82) is 0 Å². The molecule has 122 valence electrons. The first-order chi connectivity index (χ1) is 11.1. The summed E-state index contributed by atoms with van der Waals surface area (Å²) in [5, 5.41) is 3.21. The normalized spacial score (nSPS) is 10.2. The Balaban J connectivity index is 2.06. The van der Waals surface area contributed by atoms with Crippen LogP contribution in [0.15, 0.2) is 36.7 Å². The summed E-state index contributed by atoms with van der Waals surface area (Å²) in [6.45, 7) is 3.12. The van der Waals surface area contributed by atoms with Crippen LogP contribution >= 0.6 is 0 Å². The molecule has 1 N–H and O–H groups in total. The van der Waals surface area contributed by atoms with Crippen LogP contribution in [0.4, 0.5) is 17.3 Å². The zero-order valence-electron chi connectivity index (χ0n) is 13.7. The molecule has 0 saturated carbocycles. The van der Waals surface area contributed by atoms with Gasteiger partial charge in [-0.15, -0.1) is 0 Å². The molecule has 0 aliphatic rings. The number of aromatic nitrogens is 2. The number of nitrogens with zero attached hydrogens (tertiary/aromatic N) is 3. The minimum Gasteiger partial charge on any atom is -0.465 e. The summed E-state index contributed by atoms with van der Waals surface area (Å²) in [7, 11) is 3.39. The van der Waals surface area contributed by atoms with Crippen LogP contribution in [0.1, 0.15) is 30.1 Å². The third-order valence-electron chi connectivity index (χ3n) is 3.47. The van der Waals surface area contributed by atoms with Gasteiger partial charge in [-0.1, -0.05) is 13.3 Å². The van der Waals surface area contributed by atoms with Gasteiger partial charge in [0.05, 0.1) is 12.7 Å². The van der Waals surface area contributed by atoms with Crippen LogP contribution < -0.4 is 10.2 Å². The van der Waals surface area contributed by atoms with E-state index in [1.165, 1.54) is 7.11 Å². The lowest BCUT2D eigenvalue weighted by Gasteiger charge is -2.18. The Labute approximate surface area is 136 Å². The highest BCUT2D eigenvalue weighted by Gasteiger charge is 2.06. The molecule has 2 rings (SSSR count). The maximum Gasteiger partial charge on any atom is 0.337 e. The zero-order chi connectivity index (χ0) is 16.7. The number of rotatable bonds is 7. The summed E-state index contributed by atoms with van der Waals surface area (Å²) in [5.41, 5.74) is 1.36. The van der Waals surface area contributed by atoms with Crippen LogP contribution in [0.25, 0.3) is 0 Å². The van der Waals surface area contributed by atoms with Crippen molar-refractivity contribution in [2.75, 3.05) is 30.9 Å². The van der Waals surface area contributed by atoms with Gasteiger partial charge in [-0.05, 0) is 30.7 Å². The molecule has 0 bridgehead atoms. The van der Waals surface area contributed by atoms with E-state index in [0.717, 1.165) is 30.9 Å². The van der Waals surface area contributed by atoms with Gasteiger partial charge in [-0.25, -0.2) is 14.8 Å². The lowest BCUT2D eigenvalue weighted by atomic mass is 10.2. The standard InChI is InChI=1S/C17H22N4O2/c1-4-5-10-21(2)16-11-15(18-12-19-16)20-14-8-6-13(7-9-14)17(22)23-3/h6-9,11-12H,4-5,10H2,1-3H3,(H,18,19,20). The van der Waals surface area contributed by atoms with Crippen molar-refractivity contribution in [2.24, 2.45) is 0 Å². The van der Waals surface area contributed by atoms with Gasteiger partial charge in [-0.3, -0.25) is 0 Å². The quantitative estimate of drug-likeness (QED) is 0.791. The molecule has 0 amide bonds. The van der Waals surface area contributed by atoms with Crippen molar-refractivity contribution in [3.05, 3.63) is 42.2 Å². The van der Waals surface area contributed by atoms with Crippen molar-refractivity contribution in [1.82, 2.24) is 9.97 Å². The number of nitrogens with one attached hydrogen (secondary N) is 1. The first-order valence-corrected chi connectivity index (χ1v) is 7.62. The second-order valence-electron chi connectivity index (χ2n) is 5.23. The summed E-state index contributed by atoms with van der Waals surface area (Å²) in [5.74, 6) is 1.24. The molecule has 6 nitrogen and oxygen atoms in total. The van der Waals surface area contributed by atoms with Crippen LogP contribution in [0.3, 0.4) is 0 Å². The number of esters is 1. The topological polar surface area (TPSA) is 67.4 Å². The van der Waals surface area contributed by atoms with Crippen LogP contribution in [0, 0.1) is 0 Å². The fraction of sp³-hybridized carbons (Fsp3) is 0.353. The molecule has 6 heteroatoms. The minimum absolute atomic E-state index is 0.349. The summed E-state index contributed by atoms with van der Waals surface area (Å²) in [4.78, 5) is 22.1. The molecule has 2 aromatic rings. The lowest BCUT2D eigenvalue weighted by Crippen LogP contribution is -2.19. The molecular formula is C17H22N4O2. The molecule has 1 aromatic heterocycles. The largest absolute Gasteiger partial charge is 0.465 e. The first kappa shape index (κ1) is 16.7. The molecule has 1 heterocycles. The van der Waals surface area contributed by atoms with E-state index in [1.54, 1.807) is 18.5 Å². The smallest absolute Gasteiger partial charge is 0.337 e. The zero-order valence-corrected chi connectivity index (χ0v) is 13.7. The van der Waals surface area contributed by atoms with Crippen molar-refractivity contribution in [3.8, 4) is 0 Å². The van der Waals surface area contributed by atoms with Crippen molar-refractivity contribution >= 4 is 23.3 Å². The molecule has 23 heavy (non-hydrogen) atoms. The van der Waals surface area contributed by atoms with Gasteiger partial charge < -0.3 is 15.0 Å². The Kier molecular flexibility index (Phi) is 5.91. The highest BCUT2D eigenvalue weighted by atomic mass is 16.5. The van der Waals surface area contributed by atoms with Crippen LogP contribution in [-0.2, 0) is 4.74 Å². The Morgan fingerprint density at radius 3 is 2.65 bits per heavy atom. The maximum atomic E-state index is 11.4. The van der Waals surface area contributed by atoms with Gasteiger partial charge in [-0.2, -0.15) is 0 Å². The average molecular weight is 314 g/mol. The second kappa shape index (κ2) is 8.12. The molecule has 0 aliphatic carbocycles. The van der Waals surface area contributed by atoms with E-state index in [1.807, 2.05) is 25.2 Å². The van der Waals surface area contributed by atoms with Crippen molar-refractivity contribution in [3.63, 3.8) is 0 Å². The second-order valence-corrected chi connectivity index (χ2v) is 5.23. The van der Waals surface area contributed by atoms with E-state index in [4.69, 9.17) is 0 Å². The summed E-state index contributed by atoms with van der Waals surface area (Å²) < 4.78 is 4.68. The Morgan fingerprint density at radius 2 is 2.00 bits per heavy atom. The van der Waals surface area contributed by atoms with Crippen LogP contribution in [-0.4, -0.2) is 36.6 Å². The lowest BCUT2D eigenvalue weighted by molar-refractivity contribution is 0.0601. The van der Waals surface area contributed by atoms with Crippen LogP contribution in [0.5, 0.6) is 0 Å². The number of methoxy groups -OCH3 is 1. The third-order valence-corrected chi connectivity index (χ3v) is 3.47. The first-order valence-electron chi connectivity index (χ1n) is 7.62. The van der Waals surface area contributed by atoms with Crippen molar-refractivity contribution in [2.45, 2.75) is 19.8 Å². The molecule has 0 radical (unpaired) electrons. The monoisotopic (exact) mass is 314 g/mol. The predicted molar refractivity (Wildman–Crippen MR) is 91.3 cm³/mol. The number of hydrogen-bond donors (Lipinski definition) is 1. The average Bonchev–Trinajstić information content (AvgIpc) is 2.60. The summed E-state index contributed by atoms with van der Waals surface area (Å²) in [6.07, 6.45) is 3.81. The van der Waals surface area contributed by atoms with E-state index in [2.05, 4.69) is 31.8 Å². The number of ether oxygens (including phenoxy) is 1. The van der Waals surface area contributed by atoms with Gasteiger partial charge in [0.25, 0.3) is 0 Å². The van der Waals surface area contributed by atoms with Gasteiger partial charge in [0.1, 0.15) is 18.0 Å². The molecule has 0 aliphatic heterocycles. The summed E-state index contributed by atoms with van der Waals surface area (Å²) >= 11 is 0.